The average Bonchev–Trinajstić information content (AvgIpc) is 3.27. The average molecular weight is 334 g/mol. The fraction of sp³-hybridized carbons (Fsp3) is 0.353. The zero-order valence-electron chi connectivity index (χ0n) is 13.9. The highest BCUT2D eigenvalue weighted by atomic mass is 15.3. The second kappa shape index (κ2) is 6.36. The fourth-order valence-electron chi connectivity index (χ4n) is 3.21. The van der Waals surface area contributed by atoms with Gasteiger partial charge in [0.1, 0.15) is 24.0 Å². The van der Waals surface area contributed by atoms with E-state index in [2.05, 4.69) is 36.3 Å². The third kappa shape index (κ3) is 2.96. The van der Waals surface area contributed by atoms with Crippen molar-refractivity contribution in [2.75, 3.05) is 29.9 Å². The molecule has 1 saturated heterocycles. The molecule has 0 saturated carbocycles. The summed E-state index contributed by atoms with van der Waals surface area (Å²) in [4.78, 5) is 15.3. The summed E-state index contributed by atoms with van der Waals surface area (Å²) in [6, 6.07) is 5.69. The van der Waals surface area contributed by atoms with Gasteiger partial charge in [-0.2, -0.15) is 10.4 Å². The summed E-state index contributed by atoms with van der Waals surface area (Å²) < 4.78 is 1.77. The number of pyridine rings is 1. The van der Waals surface area contributed by atoms with E-state index in [4.69, 9.17) is 5.26 Å². The molecule has 1 atom stereocenters. The Kier molecular flexibility index (Phi) is 3.90. The molecule has 1 fully saturated rings. The molecule has 25 heavy (non-hydrogen) atoms. The number of aryl methyl sites for hydroxylation is 1. The maximum Gasteiger partial charge on any atom is 0.163 e. The number of hydrogen-bond donors (Lipinski definition) is 1. The molecule has 1 aliphatic heterocycles. The molecular weight excluding hydrogens is 316 g/mol. The zero-order valence-corrected chi connectivity index (χ0v) is 13.9. The van der Waals surface area contributed by atoms with Crippen molar-refractivity contribution in [2.45, 2.75) is 6.42 Å². The van der Waals surface area contributed by atoms with Crippen LogP contribution >= 0.6 is 0 Å². The number of fused-ring (bicyclic) bond motifs is 1. The maximum atomic E-state index is 8.81. The third-order valence-corrected chi connectivity index (χ3v) is 4.56. The van der Waals surface area contributed by atoms with Crippen LogP contribution in [0.1, 0.15) is 12.0 Å². The molecular formula is C17H18N8. The van der Waals surface area contributed by atoms with E-state index >= 15 is 0 Å². The minimum atomic E-state index is 0.513. The van der Waals surface area contributed by atoms with Crippen LogP contribution in [0.15, 0.2) is 30.9 Å². The summed E-state index contributed by atoms with van der Waals surface area (Å²) >= 11 is 0. The van der Waals surface area contributed by atoms with E-state index in [1.165, 1.54) is 0 Å². The summed E-state index contributed by atoms with van der Waals surface area (Å²) in [6.45, 7) is 2.75. The van der Waals surface area contributed by atoms with Crippen molar-refractivity contribution >= 4 is 22.7 Å². The SMILES string of the molecule is Cn1ncc2c(N3CCC(CNc4ccc(C#N)cn4)C3)ncnc21. The van der Waals surface area contributed by atoms with Crippen molar-refractivity contribution < 1.29 is 0 Å². The van der Waals surface area contributed by atoms with Gasteiger partial charge in [0, 0.05) is 32.9 Å². The van der Waals surface area contributed by atoms with E-state index in [1.54, 1.807) is 23.3 Å². The number of aromatic nitrogens is 5. The highest BCUT2D eigenvalue weighted by Crippen LogP contribution is 2.27. The number of nitrogens with one attached hydrogen (secondary N) is 1. The van der Waals surface area contributed by atoms with Crippen molar-refractivity contribution in [2.24, 2.45) is 13.0 Å². The van der Waals surface area contributed by atoms with Crippen LogP contribution < -0.4 is 10.2 Å². The molecule has 3 aromatic heterocycles. The first kappa shape index (κ1) is 15.3. The topological polar surface area (TPSA) is 95.6 Å². The van der Waals surface area contributed by atoms with Gasteiger partial charge in [-0.3, -0.25) is 4.68 Å². The molecule has 0 radical (unpaired) electrons. The van der Waals surface area contributed by atoms with Gasteiger partial charge >= 0.3 is 0 Å². The van der Waals surface area contributed by atoms with E-state index in [9.17, 15) is 0 Å². The Balaban J connectivity index is 1.41. The highest BCUT2D eigenvalue weighted by molar-refractivity contribution is 5.86. The van der Waals surface area contributed by atoms with Gasteiger partial charge in [-0.15, -0.1) is 0 Å². The van der Waals surface area contributed by atoms with Gasteiger partial charge in [-0.05, 0) is 24.5 Å². The molecule has 0 spiro atoms. The number of nitriles is 1. The van der Waals surface area contributed by atoms with Crippen LogP contribution in [0.5, 0.6) is 0 Å². The Hall–Kier alpha value is -3.21. The second-order valence-electron chi connectivity index (χ2n) is 6.23. The monoisotopic (exact) mass is 334 g/mol. The Labute approximate surface area is 145 Å². The van der Waals surface area contributed by atoms with Gasteiger partial charge in [0.25, 0.3) is 0 Å². The van der Waals surface area contributed by atoms with Crippen LogP contribution in [0.25, 0.3) is 11.0 Å². The minimum absolute atomic E-state index is 0.513. The van der Waals surface area contributed by atoms with Crippen LogP contribution in [0.2, 0.25) is 0 Å². The zero-order chi connectivity index (χ0) is 17.2. The lowest BCUT2D eigenvalue weighted by Crippen LogP contribution is -2.23. The number of hydrogen-bond acceptors (Lipinski definition) is 7. The Morgan fingerprint density at radius 1 is 1.28 bits per heavy atom. The molecule has 0 amide bonds. The molecule has 3 aromatic rings. The molecule has 8 heteroatoms. The lowest BCUT2D eigenvalue weighted by molar-refractivity contribution is 0.621. The van der Waals surface area contributed by atoms with Crippen LogP contribution in [0.3, 0.4) is 0 Å². The van der Waals surface area contributed by atoms with E-state index < -0.39 is 0 Å². The van der Waals surface area contributed by atoms with Crippen LogP contribution in [-0.2, 0) is 7.05 Å². The molecule has 126 valence electrons. The largest absolute Gasteiger partial charge is 0.370 e. The first-order valence-electron chi connectivity index (χ1n) is 8.22. The highest BCUT2D eigenvalue weighted by Gasteiger charge is 2.25. The quantitative estimate of drug-likeness (QED) is 0.773. The number of rotatable bonds is 4. The minimum Gasteiger partial charge on any atom is -0.370 e. The lowest BCUT2D eigenvalue weighted by Gasteiger charge is -2.18. The summed E-state index contributed by atoms with van der Waals surface area (Å²) in [7, 11) is 1.89. The van der Waals surface area contributed by atoms with Gasteiger partial charge in [0.2, 0.25) is 0 Å². The van der Waals surface area contributed by atoms with Gasteiger partial charge in [0.05, 0.1) is 17.1 Å². The third-order valence-electron chi connectivity index (χ3n) is 4.56. The normalized spacial score (nSPS) is 17.0. The molecule has 4 heterocycles. The van der Waals surface area contributed by atoms with Gasteiger partial charge in [0.15, 0.2) is 5.65 Å². The molecule has 8 nitrogen and oxygen atoms in total. The van der Waals surface area contributed by atoms with Crippen molar-refractivity contribution in [1.29, 1.82) is 5.26 Å². The fourth-order valence-corrected chi connectivity index (χ4v) is 3.21. The summed E-state index contributed by atoms with van der Waals surface area (Å²) in [5, 5.41) is 17.4. The van der Waals surface area contributed by atoms with Gasteiger partial charge < -0.3 is 10.2 Å². The van der Waals surface area contributed by atoms with Gasteiger partial charge in [-0.1, -0.05) is 0 Å². The van der Waals surface area contributed by atoms with Crippen molar-refractivity contribution in [1.82, 2.24) is 24.7 Å². The van der Waals surface area contributed by atoms with Crippen LogP contribution in [0, 0.1) is 17.2 Å². The number of anilines is 2. The first-order chi connectivity index (χ1) is 12.2. The van der Waals surface area contributed by atoms with E-state index in [0.29, 0.717) is 11.5 Å². The van der Waals surface area contributed by atoms with Crippen molar-refractivity contribution in [3.63, 3.8) is 0 Å². The van der Waals surface area contributed by atoms with Crippen molar-refractivity contribution in [3.05, 3.63) is 36.4 Å². The molecule has 1 unspecified atom stereocenters. The van der Waals surface area contributed by atoms with E-state index in [0.717, 1.165) is 48.7 Å². The van der Waals surface area contributed by atoms with Gasteiger partial charge in [-0.25, -0.2) is 15.0 Å². The Bertz CT molecular complexity index is 924. The second-order valence-corrected chi connectivity index (χ2v) is 6.23. The summed E-state index contributed by atoms with van der Waals surface area (Å²) in [6.07, 6.45) is 6.11. The molecule has 0 aromatic carbocycles. The first-order valence-corrected chi connectivity index (χ1v) is 8.22. The van der Waals surface area contributed by atoms with E-state index in [-0.39, 0.29) is 0 Å². The smallest absolute Gasteiger partial charge is 0.163 e. The predicted molar refractivity (Wildman–Crippen MR) is 94.1 cm³/mol. The lowest BCUT2D eigenvalue weighted by atomic mass is 10.1. The predicted octanol–water partition coefficient (Wildman–Crippen LogP) is 1.57. The van der Waals surface area contributed by atoms with Crippen LogP contribution in [-0.4, -0.2) is 44.4 Å². The molecule has 1 N–H and O–H groups in total. The summed E-state index contributed by atoms with van der Waals surface area (Å²) in [5.41, 5.74) is 1.43. The maximum absolute atomic E-state index is 8.81. The molecule has 0 aliphatic carbocycles. The molecule has 1 aliphatic rings. The Morgan fingerprint density at radius 3 is 3.00 bits per heavy atom. The molecule has 4 rings (SSSR count). The standard InChI is InChI=1S/C17H18N8/c1-24-16-14(9-23-24)17(22-11-21-16)25-5-4-13(10-25)8-20-15-3-2-12(6-18)7-19-15/h2-3,7,9,11,13H,4-5,8,10H2,1H3,(H,19,20). The molecule has 0 bridgehead atoms. The van der Waals surface area contributed by atoms with Crippen molar-refractivity contribution in [3.8, 4) is 6.07 Å². The Morgan fingerprint density at radius 2 is 2.20 bits per heavy atom. The van der Waals surface area contributed by atoms with Crippen LogP contribution in [0.4, 0.5) is 11.6 Å². The summed E-state index contributed by atoms with van der Waals surface area (Å²) in [5.74, 6) is 2.27. The number of nitrogens with zero attached hydrogens (tertiary/aromatic N) is 7. The van der Waals surface area contributed by atoms with E-state index in [1.807, 2.05) is 19.3 Å².